The molecule has 3 aromatic rings. The van der Waals surface area contributed by atoms with Crippen LogP contribution in [0, 0.1) is 5.92 Å². The first-order chi connectivity index (χ1) is 13.6. The zero-order chi connectivity index (χ0) is 19.1. The molecule has 2 aromatic heterocycles. The number of phosphoric acid groups is 1. The summed E-state index contributed by atoms with van der Waals surface area (Å²) in [6.45, 7) is 0.310. The average Bonchev–Trinajstić information content (AvgIpc) is 3.27. The summed E-state index contributed by atoms with van der Waals surface area (Å²) in [4.78, 5) is 12.5. The van der Waals surface area contributed by atoms with Gasteiger partial charge in [0.15, 0.2) is 11.5 Å². The van der Waals surface area contributed by atoms with Crippen LogP contribution in [0.15, 0.2) is 43.0 Å². The number of anilines is 1. The molecule has 0 spiro atoms. The van der Waals surface area contributed by atoms with E-state index in [1.165, 1.54) is 6.33 Å². The van der Waals surface area contributed by atoms with Gasteiger partial charge in [0.2, 0.25) is 0 Å². The van der Waals surface area contributed by atoms with Gasteiger partial charge in [-0.15, -0.1) is 0 Å². The lowest BCUT2D eigenvalue weighted by molar-refractivity contribution is -0.0221. The normalized spacial score (nSPS) is 30.1. The van der Waals surface area contributed by atoms with Crippen LogP contribution >= 0.6 is 7.82 Å². The molecule has 0 bridgehead atoms. The maximum absolute atomic E-state index is 12.8. The third kappa shape index (κ3) is 3.14. The van der Waals surface area contributed by atoms with Crippen molar-refractivity contribution in [3.63, 3.8) is 0 Å². The Morgan fingerprint density at radius 2 is 1.96 bits per heavy atom. The minimum Gasteiger partial charge on any atom is -0.404 e. The van der Waals surface area contributed by atoms with Gasteiger partial charge in [0.1, 0.15) is 23.8 Å². The summed E-state index contributed by atoms with van der Waals surface area (Å²) in [7, 11) is -3.69. The molecule has 10 nitrogen and oxygen atoms in total. The second kappa shape index (κ2) is 6.82. The van der Waals surface area contributed by atoms with Gasteiger partial charge in [0.25, 0.3) is 0 Å². The molecular formula is C17H18N5O5P. The van der Waals surface area contributed by atoms with Crippen LogP contribution in [0.4, 0.5) is 5.82 Å². The lowest BCUT2D eigenvalue weighted by atomic mass is 10.0. The monoisotopic (exact) mass is 403 g/mol. The summed E-state index contributed by atoms with van der Waals surface area (Å²) in [6.07, 6.45) is 3.09. The molecule has 0 radical (unpaired) electrons. The molecule has 2 aliphatic rings. The topological polar surface area (TPSA) is 124 Å². The summed E-state index contributed by atoms with van der Waals surface area (Å²) in [6, 6.07) is 8.81. The smallest absolute Gasteiger partial charge is 0.404 e. The maximum Gasteiger partial charge on any atom is 0.530 e. The highest BCUT2D eigenvalue weighted by molar-refractivity contribution is 7.48. The number of aromatic nitrogens is 4. The quantitative estimate of drug-likeness (QED) is 0.657. The molecule has 5 rings (SSSR count). The Morgan fingerprint density at radius 3 is 2.82 bits per heavy atom. The van der Waals surface area contributed by atoms with Crippen LogP contribution in [-0.2, 0) is 18.3 Å². The van der Waals surface area contributed by atoms with Crippen molar-refractivity contribution in [2.75, 3.05) is 18.9 Å². The van der Waals surface area contributed by atoms with Gasteiger partial charge in [-0.25, -0.2) is 19.5 Å². The summed E-state index contributed by atoms with van der Waals surface area (Å²) >= 11 is 0. The third-order valence-electron chi connectivity index (χ3n) is 4.86. The molecule has 2 aliphatic heterocycles. The van der Waals surface area contributed by atoms with Gasteiger partial charge < -0.3 is 15.0 Å². The Morgan fingerprint density at radius 1 is 1.14 bits per heavy atom. The number of benzene rings is 1. The number of imidazole rings is 1. The number of ether oxygens (including phenoxy) is 1. The minimum absolute atomic E-state index is 0.00293. The van der Waals surface area contributed by atoms with Crippen molar-refractivity contribution in [1.82, 2.24) is 19.5 Å². The van der Waals surface area contributed by atoms with Crippen LogP contribution < -0.4 is 10.3 Å². The van der Waals surface area contributed by atoms with Gasteiger partial charge in [0, 0.05) is 12.3 Å². The number of phosphoric ester groups is 1. The number of para-hydroxylation sites is 1. The minimum atomic E-state index is -3.69. The number of nitrogen functional groups attached to an aromatic ring is 1. The first-order valence-electron chi connectivity index (χ1n) is 8.83. The molecule has 1 aromatic carbocycles. The Balaban J connectivity index is 1.31. The Hall–Kier alpha value is -2.52. The van der Waals surface area contributed by atoms with Gasteiger partial charge in [-0.1, -0.05) is 18.2 Å². The molecule has 4 heterocycles. The number of nitrogens with zero attached hydrogens (tertiary/aromatic N) is 4. The molecule has 2 fully saturated rings. The van der Waals surface area contributed by atoms with Crippen LogP contribution in [0.1, 0.15) is 12.6 Å². The van der Waals surface area contributed by atoms with Gasteiger partial charge in [-0.3, -0.25) is 13.6 Å². The fourth-order valence-electron chi connectivity index (χ4n) is 3.44. The molecular weight excluding hydrogens is 385 g/mol. The summed E-state index contributed by atoms with van der Waals surface area (Å²) in [5.74, 6) is 0.748. The van der Waals surface area contributed by atoms with Crippen molar-refractivity contribution in [2.45, 2.75) is 18.8 Å². The number of fused-ring (bicyclic) bond motifs is 2. The van der Waals surface area contributed by atoms with Gasteiger partial charge >= 0.3 is 7.82 Å². The van der Waals surface area contributed by atoms with Crippen molar-refractivity contribution in [3.8, 4) is 5.75 Å². The van der Waals surface area contributed by atoms with E-state index in [9.17, 15) is 4.57 Å². The second-order valence-corrected chi connectivity index (χ2v) is 8.24. The Bertz CT molecular complexity index is 1020. The first-order valence-corrected chi connectivity index (χ1v) is 10.3. The molecule has 0 amide bonds. The van der Waals surface area contributed by atoms with E-state index in [0.717, 1.165) is 0 Å². The van der Waals surface area contributed by atoms with Gasteiger partial charge in [-0.2, -0.15) is 0 Å². The van der Waals surface area contributed by atoms with Crippen molar-refractivity contribution >= 4 is 24.8 Å². The van der Waals surface area contributed by atoms with Crippen LogP contribution in [0.25, 0.3) is 11.2 Å². The second-order valence-electron chi connectivity index (χ2n) is 6.65. The first kappa shape index (κ1) is 17.6. The van der Waals surface area contributed by atoms with Crippen LogP contribution in [-0.4, -0.2) is 38.8 Å². The molecule has 2 saturated heterocycles. The molecule has 11 heteroatoms. The maximum atomic E-state index is 12.8. The highest BCUT2D eigenvalue weighted by atomic mass is 31.2. The van der Waals surface area contributed by atoms with Crippen LogP contribution in [0.2, 0.25) is 0 Å². The largest absolute Gasteiger partial charge is 0.530 e. The lowest BCUT2D eigenvalue weighted by Crippen LogP contribution is -2.21. The summed E-state index contributed by atoms with van der Waals surface area (Å²) in [5.41, 5.74) is 6.99. The molecule has 0 saturated carbocycles. The van der Waals surface area contributed by atoms with E-state index in [-0.39, 0.29) is 31.5 Å². The number of hydrogen-bond acceptors (Lipinski definition) is 9. The number of rotatable bonds is 3. The summed E-state index contributed by atoms with van der Waals surface area (Å²) < 4.78 is 37.3. The SMILES string of the molecule is Nc1ncnc2c1ncn2[C@H]1C[C@@H]2COP(=O)(Oc3ccccc3)OC[C@H]2O1. The lowest BCUT2D eigenvalue weighted by Gasteiger charge is -2.18. The molecule has 1 unspecified atom stereocenters. The molecule has 28 heavy (non-hydrogen) atoms. The highest BCUT2D eigenvalue weighted by Crippen LogP contribution is 2.53. The van der Waals surface area contributed by atoms with E-state index in [0.29, 0.717) is 29.2 Å². The third-order valence-corrected chi connectivity index (χ3v) is 6.23. The predicted octanol–water partition coefficient (Wildman–Crippen LogP) is 2.55. The van der Waals surface area contributed by atoms with Crippen molar-refractivity contribution in [3.05, 3.63) is 43.0 Å². The zero-order valence-electron chi connectivity index (χ0n) is 14.7. The molecule has 0 aliphatic carbocycles. The molecule has 2 N–H and O–H groups in total. The average molecular weight is 403 g/mol. The van der Waals surface area contributed by atoms with E-state index in [4.69, 9.17) is 24.0 Å². The fraction of sp³-hybridized carbons (Fsp3) is 0.353. The number of nitrogens with two attached hydrogens (primary N) is 1. The highest BCUT2D eigenvalue weighted by Gasteiger charge is 2.44. The van der Waals surface area contributed by atoms with Crippen molar-refractivity contribution in [1.29, 1.82) is 0 Å². The predicted molar refractivity (Wildman–Crippen MR) is 98.3 cm³/mol. The van der Waals surface area contributed by atoms with E-state index in [2.05, 4.69) is 15.0 Å². The zero-order valence-corrected chi connectivity index (χ0v) is 15.6. The standard InChI is InChI=1S/C17H18N5O5P/c18-16-15-17(20-9-19-16)22(10-21-15)14-6-11-7-24-28(23,25-8-13(11)26-14)27-12-4-2-1-3-5-12/h1-5,9-11,13-14H,6-8H2,(H2,18,19,20)/t11-,13-,14-,28?/m1/s1. The van der Waals surface area contributed by atoms with Gasteiger partial charge in [0.05, 0.1) is 25.6 Å². The molecule has 146 valence electrons. The summed E-state index contributed by atoms with van der Waals surface area (Å²) in [5, 5.41) is 0. The van der Waals surface area contributed by atoms with Crippen molar-refractivity contribution < 1.29 is 22.9 Å². The molecule has 4 atom stereocenters. The Kier molecular flexibility index (Phi) is 4.28. The Labute approximate surface area is 160 Å². The van der Waals surface area contributed by atoms with E-state index < -0.39 is 7.82 Å². The van der Waals surface area contributed by atoms with Crippen molar-refractivity contribution in [2.24, 2.45) is 5.92 Å². The van der Waals surface area contributed by atoms with E-state index >= 15 is 0 Å². The van der Waals surface area contributed by atoms with Crippen LogP contribution in [0.5, 0.6) is 5.75 Å². The number of hydrogen-bond donors (Lipinski definition) is 1. The van der Waals surface area contributed by atoms with Crippen LogP contribution in [0.3, 0.4) is 0 Å². The van der Waals surface area contributed by atoms with Gasteiger partial charge in [-0.05, 0) is 12.1 Å². The van der Waals surface area contributed by atoms with E-state index in [1.807, 2.05) is 10.6 Å². The fourth-order valence-corrected chi connectivity index (χ4v) is 4.71. The van der Waals surface area contributed by atoms with E-state index in [1.54, 1.807) is 30.6 Å².